The molecule has 0 aliphatic carbocycles. The standard InChI is InChI=1S/C6H11F3O.C5H10O.CHF3.K.H2O/c1-5(2,3)4(10)6(7,8)9;1-5(2,3)4-6;2-1(3)4;;/h4,10H,1-3H3;4H,1-3H3;1H;;1H2/q;;;+1;/p-1. The second kappa shape index (κ2) is 14.2. The fourth-order valence-electron chi connectivity index (χ4n) is 0.491. The van der Waals surface area contributed by atoms with E-state index in [4.69, 9.17) is 5.11 Å². The molecule has 10 heteroatoms. The van der Waals surface area contributed by atoms with Gasteiger partial charge in [0, 0.05) is 5.41 Å². The summed E-state index contributed by atoms with van der Waals surface area (Å²) in [7, 11) is 0. The van der Waals surface area contributed by atoms with Crippen LogP contribution < -0.4 is 51.4 Å². The first-order valence-electron chi connectivity index (χ1n) is 5.58. The predicted octanol–water partition coefficient (Wildman–Crippen LogP) is 1.19. The van der Waals surface area contributed by atoms with Gasteiger partial charge in [-0.3, -0.25) is 0 Å². The van der Waals surface area contributed by atoms with E-state index in [2.05, 4.69) is 0 Å². The Labute approximate surface area is 169 Å². The minimum absolute atomic E-state index is 0. The monoisotopic (exact) mass is 368 g/mol. The molecule has 0 radical (unpaired) electrons. The minimum atomic E-state index is -4.50. The van der Waals surface area contributed by atoms with E-state index >= 15 is 0 Å². The molecular formula is C12H23F6KO3. The Balaban J connectivity index is -0.0000000697. The van der Waals surface area contributed by atoms with E-state index in [9.17, 15) is 31.1 Å². The van der Waals surface area contributed by atoms with Crippen LogP contribution in [0, 0.1) is 10.8 Å². The van der Waals surface area contributed by atoms with Gasteiger partial charge in [0.15, 0.2) is 6.10 Å². The Kier molecular flexibility index (Phi) is 22.0. The molecule has 2 N–H and O–H groups in total. The van der Waals surface area contributed by atoms with Crippen LogP contribution in [0.5, 0.6) is 0 Å². The number of carbonyl (C=O) groups excluding carboxylic acids is 1. The van der Waals surface area contributed by atoms with Gasteiger partial charge in [0.2, 0.25) is 0 Å². The van der Waals surface area contributed by atoms with Crippen molar-refractivity contribution in [3.05, 3.63) is 0 Å². The molecule has 0 spiro atoms. The van der Waals surface area contributed by atoms with Gasteiger partial charge >= 0.3 is 64.2 Å². The maximum absolute atomic E-state index is 11.7. The van der Waals surface area contributed by atoms with Crippen LogP contribution in [0.25, 0.3) is 0 Å². The van der Waals surface area contributed by atoms with E-state index in [1.165, 1.54) is 20.8 Å². The number of aliphatic hydroxyl groups excluding tert-OH is 1. The number of aliphatic hydroxyl groups is 1. The van der Waals surface area contributed by atoms with Gasteiger partial charge in [0.25, 0.3) is 0 Å². The van der Waals surface area contributed by atoms with Gasteiger partial charge < -0.3 is 15.4 Å². The molecule has 0 rings (SSSR count). The molecule has 1 atom stereocenters. The first kappa shape index (κ1) is 34.2. The second-order valence-electron chi connectivity index (χ2n) is 6.04. The van der Waals surface area contributed by atoms with E-state index in [-0.39, 0.29) is 62.3 Å². The summed E-state index contributed by atoms with van der Waals surface area (Å²) in [5.74, 6) is 0. The first-order valence-corrected chi connectivity index (χ1v) is 5.58. The van der Waals surface area contributed by atoms with E-state index in [1.54, 1.807) is 0 Å². The SMILES string of the molecule is CC(C)(C)C(O)C(F)(F)F.CC(C)(C)C=O.FC(F)F.[K+].[OH-]. The number of hydrogen-bond acceptors (Lipinski definition) is 3. The number of alkyl halides is 6. The third-order valence-corrected chi connectivity index (χ3v) is 1.48. The molecule has 0 aromatic rings. The van der Waals surface area contributed by atoms with Crippen LogP contribution in [-0.4, -0.2) is 35.8 Å². The first-order chi connectivity index (χ1) is 8.45. The number of carbonyl (C=O) groups is 1. The summed E-state index contributed by atoms with van der Waals surface area (Å²) < 4.78 is 64.1. The molecule has 0 aliphatic rings. The Hall–Kier alpha value is 0.806. The fraction of sp³-hybridized carbons (Fsp3) is 0.917. The Morgan fingerprint density at radius 2 is 1.09 bits per heavy atom. The van der Waals surface area contributed by atoms with Crippen molar-refractivity contribution in [3.63, 3.8) is 0 Å². The molecule has 3 nitrogen and oxygen atoms in total. The average molecular weight is 368 g/mol. The summed E-state index contributed by atoms with van der Waals surface area (Å²) in [6.45, 7) is 5.97. The van der Waals surface area contributed by atoms with Crippen molar-refractivity contribution in [2.45, 2.75) is 60.5 Å². The van der Waals surface area contributed by atoms with Crippen molar-refractivity contribution >= 4 is 6.29 Å². The molecule has 0 saturated heterocycles. The Morgan fingerprint density at radius 1 is 0.909 bits per heavy atom. The van der Waals surface area contributed by atoms with Gasteiger partial charge in [0.1, 0.15) is 6.29 Å². The maximum atomic E-state index is 11.7. The maximum Gasteiger partial charge on any atom is 1.00 e. The molecule has 1 unspecified atom stereocenters. The fourth-order valence-corrected chi connectivity index (χ4v) is 0.491. The van der Waals surface area contributed by atoms with Gasteiger partial charge in [0.05, 0.1) is 0 Å². The quantitative estimate of drug-likeness (QED) is 0.397. The van der Waals surface area contributed by atoms with Crippen LogP contribution >= 0.6 is 0 Å². The van der Waals surface area contributed by atoms with Gasteiger partial charge in [-0.1, -0.05) is 41.5 Å². The van der Waals surface area contributed by atoms with Crippen LogP contribution in [0.4, 0.5) is 26.3 Å². The van der Waals surface area contributed by atoms with Crippen LogP contribution in [0.15, 0.2) is 0 Å². The topological polar surface area (TPSA) is 67.3 Å². The van der Waals surface area contributed by atoms with Crippen molar-refractivity contribution < 1.29 is 93.1 Å². The molecule has 132 valence electrons. The number of hydrogen-bond donors (Lipinski definition) is 1. The molecule has 0 aromatic carbocycles. The number of halogens is 6. The zero-order chi connectivity index (χ0) is 17.4. The molecule has 0 fully saturated rings. The van der Waals surface area contributed by atoms with E-state index in [0.29, 0.717) is 0 Å². The Morgan fingerprint density at radius 3 is 1.09 bits per heavy atom. The summed E-state index contributed by atoms with van der Waals surface area (Å²) in [6, 6.07) is 0. The van der Waals surface area contributed by atoms with Crippen molar-refractivity contribution in [2.75, 3.05) is 0 Å². The average Bonchev–Trinajstić information content (AvgIpc) is 2.12. The van der Waals surface area contributed by atoms with E-state index in [1.807, 2.05) is 20.8 Å². The minimum Gasteiger partial charge on any atom is -0.870 e. The second-order valence-corrected chi connectivity index (χ2v) is 6.04. The van der Waals surface area contributed by atoms with Gasteiger partial charge in [-0.15, -0.1) is 0 Å². The number of rotatable bonds is 0. The van der Waals surface area contributed by atoms with E-state index < -0.39 is 24.4 Å². The largest absolute Gasteiger partial charge is 1.00 e. The van der Waals surface area contributed by atoms with Crippen LogP contribution in [0.3, 0.4) is 0 Å². The van der Waals surface area contributed by atoms with Crippen molar-refractivity contribution in [1.82, 2.24) is 0 Å². The smallest absolute Gasteiger partial charge is 0.870 e. The van der Waals surface area contributed by atoms with Crippen LogP contribution in [0.1, 0.15) is 41.5 Å². The third-order valence-electron chi connectivity index (χ3n) is 1.48. The molecule has 0 bridgehead atoms. The molecule has 0 heterocycles. The molecule has 0 saturated carbocycles. The van der Waals surface area contributed by atoms with Crippen LogP contribution in [-0.2, 0) is 4.79 Å². The molecule has 0 aliphatic heterocycles. The predicted molar refractivity (Wildman–Crippen MR) is 66.1 cm³/mol. The summed E-state index contributed by atoms with van der Waals surface area (Å²) in [5, 5.41) is 8.60. The zero-order valence-corrected chi connectivity index (χ0v) is 16.9. The van der Waals surface area contributed by atoms with Crippen molar-refractivity contribution in [2.24, 2.45) is 10.8 Å². The molecular weight excluding hydrogens is 345 g/mol. The Bertz CT molecular complexity index is 242. The van der Waals surface area contributed by atoms with Gasteiger partial charge in [-0.05, 0) is 5.41 Å². The third kappa shape index (κ3) is 32.7. The summed E-state index contributed by atoms with van der Waals surface area (Å²) in [6.07, 6.45) is -5.80. The summed E-state index contributed by atoms with van der Waals surface area (Å²) in [4.78, 5) is 9.83. The van der Waals surface area contributed by atoms with Crippen LogP contribution in [0.2, 0.25) is 0 Å². The summed E-state index contributed by atoms with van der Waals surface area (Å²) in [5.41, 5.74) is -1.27. The van der Waals surface area contributed by atoms with Gasteiger partial charge in [-0.2, -0.15) is 26.3 Å². The van der Waals surface area contributed by atoms with Crippen molar-refractivity contribution in [1.29, 1.82) is 0 Å². The molecule has 0 amide bonds. The zero-order valence-electron chi connectivity index (χ0n) is 13.8. The number of aldehydes is 1. The van der Waals surface area contributed by atoms with E-state index in [0.717, 1.165) is 6.29 Å². The normalized spacial score (nSPS) is 12.5. The van der Waals surface area contributed by atoms with Gasteiger partial charge in [-0.25, -0.2) is 0 Å². The summed E-state index contributed by atoms with van der Waals surface area (Å²) >= 11 is 0. The molecule has 0 aromatic heterocycles. The molecule has 22 heavy (non-hydrogen) atoms. The van der Waals surface area contributed by atoms with Crippen molar-refractivity contribution in [3.8, 4) is 0 Å².